The van der Waals surface area contributed by atoms with E-state index in [9.17, 15) is 9.59 Å². The second-order valence-electron chi connectivity index (χ2n) is 6.41. The number of carbonyl (C=O) groups excluding carboxylic acids is 2. The summed E-state index contributed by atoms with van der Waals surface area (Å²) in [6, 6.07) is 20.9. The number of ether oxygens (including phenoxy) is 2. The van der Waals surface area contributed by atoms with E-state index in [1.807, 2.05) is 67.6 Å². The Hall–Kier alpha value is -3.40. The largest absolute Gasteiger partial charge is 0.465 e. The van der Waals surface area contributed by atoms with Gasteiger partial charge in [0.1, 0.15) is 6.10 Å². The quantitative estimate of drug-likeness (QED) is 0.616. The van der Waals surface area contributed by atoms with Crippen LogP contribution < -0.4 is 0 Å². The Bertz CT molecular complexity index is 1020. The average Bonchev–Trinajstić information content (AvgIpc) is 3.00. The minimum atomic E-state index is -0.444. The van der Waals surface area contributed by atoms with Gasteiger partial charge in [0.2, 0.25) is 0 Å². The zero-order valence-corrected chi connectivity index (χ0v) is 15.1. The first-order chi connectivity index (χ1) is 13.1. The van der Waals surface area contributed by atoms with E-state index >= 15 is 0 Å². The summed E-state index contributed by atoms with van der Waals surface area (Å²) in [7, 11) is 1.36. The number of fused-ring (bicyclic) bond motifs is 1. The highest BCUT2D eigenvalue weighted by Gasteiger charge is 2.35. The van der Waals surface area contributed by atoms with Crippen molar-refractivity contribution < 1.29 is 19.1 Å². The van der Waals surface area contributed by atoms with Gasteiger partial charge in [-0.25, -0.2) is 9.59 Å². The molecule has 27 heavy (non-hydrogen) atoms. The van der Waals surface area contributed by atoms with E-state index in [0.29, 0.717) is 27.8 Å². The molecule has 134 valence electrons. The Labute approximate surface area is 157 Å². The minimum absolute atomic E-state index is 0.370. The molecule has 0 spiro atoms. The number of rotatable bonds is 3. The molecule has 0 bridgehead atoms. The van der Waals surface area contributed by atoms with Crippen molar-refractivity contribution in [2.75, 3.05) is 7.11 Å². The fraction of sp³-hybridized carbons (Fsp3) is 0.130. The van der Waals surface area contributed by atoms with Crippen LogP contribution in [0.2, 0.25) is 0 Å². The van der Waals surface area contributed by atoms with Gasteiger partial charge in [-0.1, -0.05) is 60.7 Å². The van der Waals surface area contributed by atoms with Crippen LogP contribution in [0.5, 0.6) is 0 Å². The fourth-order valence-corrected chi connectivity index (χ4v) is 3.60. The fourth-order valence-electron chi connectivity index (χ4n) is 3.60. The smallest absolute Gasteiger partial charge is 0.339 e. The van der Waals surface area contributed by atoms with Crippen LogP contribution in [0, 0.1) is 0 Å². The third kappa shape index (κ3) is 2.79. The molecule has 3 aromatic rings. The summed E-state index contributed by atoms with van der Waals surface area (Å²) in [5.41, 5.74) is 4.72. The molecule has 4 heteroatoms. The molecule has 0 radical (unpaired) electrons. The molecular weight excluding hydrogens is 340 g/mol. The Balaban J connectivity index is 2.17. The molecule has 3 aromatic carbocycles. The third-order valence-corrected chi connectivity index (χ3v) is 4.81. The molecule has 0 fully saturated rings. The van der Waals surface area contributed by atoms with Gasteiger partial charge in [0, 0.05) is 16.7 Å². The third-order valence-electron chi connectivity index (χ3n) is 4.81. The van der Waals surface area contributed by atoms with Crippen LogP contribution in [0.25, 0.3) is 22.3 Å². The molecule has 4 rings (SSSR count). The molecule has 0 saturated heterocycles. The Morgan fingerprint density at radius 2 is 1.44 bits per heavy atom. The van der Waals surface area contributed by atoms with Gasteiger partial charge in [-0.05, 0) is 24.1 Å². The number of benzene rings is 3. The van der Waals surface area contributed by atoms with Crippen LogP contribution in [-0.4, -0.2) is 19.0 Å². The van der Waals surface area contributed by atoms with E-state index in [-0.39, 0.29) is 5.97 Å². The molecule has 0 saturated carbocycles. The number of esters is 2. The summed E-state index contributed by atoms with van der Waals surface area (Å²) in [5, 5.41) is 0. The van der Waals surface area contributed by atoms with Crippen LogP contribution in [0.15, 0.2) is 66.7 Å². The van der Waals surface area contributed by atoms with Crippen molar-refractivity contribution in [2.45, 2.75) is 13.0 Å². The lowest BCUT2D eigenvalue weighted by atomic mass is 9.84. The topological polar surface area (TPSA) is 52.6 Å². The molecule has 0 aliphatic carbocycles. The Kier molecular flexibility index (Phi) is 4.24. The van der Waals surface area contributed by atoms with Crippen molar-refractivity contribution in [2.24, 2.45) is 0 Å². The van der Waals surface area contributed by atoms with E-state index < -0.39 is 12.1 Å². The van der Waals surface area contributed by atoms with Gasteiger partial charge >= 0.3 is 11.9 Å². The molecule has 0 N–H and O–H groups in total. The highest BCUT2D eigenvalue weighted by molar-refractivity contribution is 6.11. The van der Waals surface area contributed by atoms with Crippen molar-refractivity contribution in [3.05, 3.63) is 83.4 Å². The lowest BCUT2D eigenvalue weighted by Gasteiger charge is -2.18. The monoisotopic (exact) mass is 358 g/mol. The predicted octanol–water partition coefficient (Wildman–Crippen LogP) is 5.04. The van der Waals surface area contributed by atoms with Crippen molar-refractivity contribution in [1.82, 2.24) is 0 Å². The van der Waals surface area contributed by atoms with E-state index in [2.05, 4.69) is 0 Å². The first-order valence-electron chi connectivity index (χ1n) is 8.73. The highest BCUT2D eigenvalue weighted by Crippen LogP contribution is 2.45. The summed E-state index contributed by atoms with van der Waals surface area (Å²) in [6.07, 6.45) is -0.414. The molecule has 0 aromatic heterocycles. The minimum Gasteiger partial charge on any atom is -0.465 e. The van der Waals surface area contributed by atoms with Gasteiger partial charge in [-0.3, -0.25) is 0 Å². The molecular formula is C23H18O4. The maximum Gasteiger partial charge on any atom is 0.339 e. The summed E-state index contributed by atoms with van der Waals surface area (Å²) >= 11 is 0. The molecule has 1 aliphatic heterocycles. The summed E-state index contributed by atoms with van der Waals surface area (Å²) in [5.74, 6) is -0.815. The zero-order chi connectivity index (χ0) is 19.0. The van der Waals surface area contributed by atoms with E-state index in [1.54, 1.807) is 6.07 Å². The highest BCUT2D eigenvalue weighted by atomic mass is 16.5. The first-order valence-corrected chi connectivity index (χ1v) is 8.73. The van der Waals surface area contributed by atoms with E-state index in [0.717, 1.165) is 11.1 Å². The summed E-state index contributed by atoms with van der Waals surface area (Å²) in [4.78, 5) is 25.3. The molecule has 4 nitrogen and oxygen atoms in total. The van der Waals surface area contributed by atoms with Crippen LogP contribution in [-0.2, 0) is 9.47 Å². The number of cyclic esters (lactones) is 1. The lowest BCUT2D eigenvalue weighted by Crippen LogP contribution is -2.09. The van der Waals surface area contributed by atoms with Gasteiger partial charge in [0.15, 0.2) is 0 Å². The molecule has 1 unspecified atom stereocenters. The van der Waals surface area contributed by atoms with Crippen LogP contribution in [0.1, 0.15) is 39.3 Å². The number of methoxy groups -OCH3 is 1. The molecule has 0 amide bonds. The van der Waals surface area contributed by atoms with Crippen molar-refractivity contribution >= 4 is 11.9 Å². The summed E-state index contributed by atoms with van der Waals surface area (Å²) < 4.78 is 10.5. The summed E-state index contributed by atoms with van der Waals surface area (Å²) in [6.45, 7) is 1.81. The number of hydrogen-bond acceptors (Lipinski definition) is 4. The zero-order valence-electron chi connectivity index (χ0n) is 15.1. The standard InChI is InChI=1S/C23H18O4/c1-14-17-13-18(22(24)26-2)19(15-9-5-3-6-10-15)20(21(17)23(25)27-14)16-11-7-4-8-12-16/h3-14H,1-2H3. The maximum atomic E-state index is 12.7. The Morgan fingerprint density at radius 3 is 2.00 bits per heavy atom. The van der Waals surface area contributed by atoms with Crippen LogP contribution in [0.4, 0.5) is 0 Å². The number of hydrogen-bond donors (Lipinski definition) is 0. The molecule has 1 atom stereocenters. The molecule has 1 aliphatic rings. The van der Waals surface area contributed by atoms with Gasteiger partial charge in [-0.2, -0.15) is 0 Å². The molecule has 1 heterocycles. The average molecular weight is 358 g/mol. The normalized spacial score (nSPS) is 15.2. The van der Waals surface area contributed by atoms with Crippen molar-refractivity contribution in [1.29, 1.82) is 0 Å². The van der Waals surface area contributed by atoms with Gasteiger partial charge in [0.25, 0.3) is 0 Å². The van der Waals surface area contributed by atoms with E-state index in [4.69, 9.17) is 9.47 Å². The van der Waals surface area contributed by atoms with Gasteiger partial charge in [-0.15, -0.1) is 0 Å². The predicted molar refractivity (Wildman–Crippen MR) is 102 cm³/mol. The van der Waals surface area contributed by atoms with Crippen molar-refractivity contribution in [3.8, 4) is 22.3 Å². The lowest BCUT2D eigenvalue weighted by molar-refractivity contribution is 0.0422. The van der Waals surface area contributed by atoms with Crippen LogP contribution >= 0.6 is 0 Å². The first kappa shape index (κ1) is 17.0. The van der Waals surface area contributed by atoms with Gasteiger partial charge < -0.3 is 9.47 Å². The van der Waals surface area contributed by atoms with Crippen molar-refractivity contribution in [3.63, 3.8) is 0 Å². The second kappa shape index (κ2) is 6.72. The van der Waals surface area contributed by atoms with Gasteiger partial charge in [0.05, 0.1) is 18.2 Å². The SMILES string of the molecule is COC(=O)c1cc2c(c(-c3ccccc3)c1-c1ccccc1)C(=O)OC2C. The second-order valence-corrected chi connectivity index (χ2v) is 6.41. The maximum absolute atomic E-state index is 12.7. The van der Waals surface area contributed by atoms with E-state index in [1.165, 1.54) is 7.11 Å². The Morgan fingerprint density at radius 1 is 0.889 bits per heavy atom. The van der Waals surface area contributed by atoms with Crippen LogP contribution in [0.3, 0.4) is 0 Å². The number of carbonyl (C=O) groups is 2.